The zero-order chi connectivity index (χ0) is 18.4. The van der Waals surface area contributed by atoms with Gasteiger partial charge in [0.05, 0.1) is 4.92 Å². The van der Waals surface area contributed by atoms with Crippen LogP contribution in [0.1, 0.15) is 24.0 Å². The third kappa shape index (κ3) is 5.05. The van der Waals surface area contributed by atoms with E-state index in [2.05, 4.69) is 35.2 Å². The molecule has 0 saturated carbocycles. The fourth-order valence-corrected chi connectivity index (χ4v) is 3.53. The minimum atomic E-state index is -0.385. The van der Waals surface area contributed by atoms with Crippen LogP contribution in [0.4, 0.5) is 5.69 Å². The van der Waals surface area contributed by atoms with E-state index >= 15 is 0 Å². The highest BCUT2D eigenvalue weighted by molar-refractivity contribution is 5.48. The van der Waals surface area contributed by atoms with E-state index in [-0.39, 0.29) is 10.6 Å². The Morgan fingerprint density at radius 1 is 1.15 bits per heavy atom. The second-order valence-corrected chi connectivity index (χ2v) is 7.05. The Labute approximate surface area is 154 Å². The maximum atomic E-state index is 11.1. The molecule has 5 nitrogen and oxygen atoms in total. The van der Waals surface area contributed by atoms with Gasteiger partial charge < -0.3 is 4.74 Å². The molecule has 0 atom stereocenters. The van der Waals surface area contributed by atoms with E-state index in [1.807, 2.05) is 6.92 Å². The van der Waals surface area contributed by atoms with Crippen molar-refractivity contribution in [1.82, 2.24) is 4.90 Å². The number of benzene rings is 2. The zero-order valence-electron chi connectivity index (χ0n) is 15.3. The number of aryl methyl sites for hydroxylation is 1. The Morgan fingerprint density at radius 3 is 2.58 bits per heavy atom. The average Bonchev–Trinajstić information content (AvgIpc) is 2.64. The predicted molar refractivity (Wildman–Crippen MR) is 103 cm³/mol. The van der Waals surface area contributed by atoms with E-state index < -0.39 is 0 Å². The van der Waals surface area contributed by atoms with Crippen LogP contribution in [-0.2, 0) is 6.42 Å². The van der Waals surface area contributed by atoms with E-state index in [9.17, 15) is 10.1 Å². The van der Waals surface area contributed by atoms with Crippen LogP contribution in [-0.4, -0.2) is 36.1 Å². The highest BCUT2D eigenvalue weighted by atomic mass is 16.6. The normalized spacial score (nSPS) is 15.7. The lowest BCUT2D eigenvalue weighted by atomic mass is 9.90. The summed E-state index contributed by atoms with van der Waals surface area (Å²) < 4.78 is 5.72. The summed E-state index contributed by atoms with van der Waals surface area (Å²) >= 11 is 0. The third-order valence-electron chi connectivity index (χ3n) is 5.05. The molecule has 138 valence electrons. The van der Waals surface area contributed by atoms with Crippen molar-refractivity contribution < 1.29 is 9.66 Å². The molecule has 0 unspecified atom stereocenters. The van der Waals surface area contributed by atoms with Crippen molar-refractivity contribution in [3.05, 3.63) is 69.8 Å². The van der Waals surface area contributed by atoms with E-state index in [1.54, 1.807) is 12.1 Å². The maximum Gasteiger partial charge on any atom is 0.310 e. The van der Waals surface area contributed by atoms with Gasteiger partial charge in [0.1, 0.15) is 6.61 Å². The highest BCUT2D eigenvalue weighted by Gasteiger charge is 2.20. The Kier molecular flexibility index (Phi) is 6.23. The zero-order valence-corrected chi connectivity index (χ0v) is 15.3. The molecule has 1 aliphatic rings. The first-order valence-electron chi connectivity index (χ1n) is 9.26. The van der Waals surface area contributed by atoms with Crippen molar-refractivity contribution in [2.75, 3.05) is 26.2 Å². The summed E-state index contributed by atoms with van der Waals surface area (Å²) in [7, 11) is 0. The van der Waals surface area contributed by atoms with Crippen LogP contribution in [0.25, 0.3) is 0 Å². The van der Waals surface area contributed by atoms with Gasteiger partial charge in [-0.2, -0.15) is 0 Å². The third-order valence-corrected chi connectivity index (χ3v) is 5.05. The molecule has 1 fully saturated rings. The van der Waals surface area contributed by atoms with E-state index in [4.69, 9.17) is 4.74 Å². The van der Waals surface area contributed by atoms with E-state index in [0.717, 1.165) is 37.5 Å². The molecule has 0 aromatic heterocycles. The first-order chi connectivity index (χ1) is 12.6. The van der Waals surface area contributed by atoms with Gasteiger partial charge in [-0.15, -0.1) is 0 Å². The first kappa shape index (κ1) is 18.4. The van der Waals surface area contributed by atoms with Gasteiger partial charge in [0.2, 0.25) is 0 Å². The van der Waals surface area contributed by atoms with Gasteiger partial charge in [0, 0.05) is 12.6 Å². The molecule has 3 rings (SSSR count). The van der Waals surface area contributed by atoms with Crippen LogP contribution >= 0.6 is 0 Å². The Bertz CT molecular complexity index is 725. The largest absolute Gasteiger partial charge is 0.485 e. The summed E-state index contributed by atoms with van der Waals surface area (Å²) in [6, 6.07) is 15.7. The molecule has 5 heteroatoms. The van der Waals surface area contributed by atoms with Crippen LogP contribution in [0.3, 0.4) is 0 Å². The molecule has 1 saturated heterocycles. The molecule has 2 aromatic carbocycles. The number of rotatable bonds is 7. The number of likely N-dealkylation sites (tertiary alicyclic amines) is 1. The summed E-state index contributed by atoms with van der Waals surface area (Å²) in [6.07, 6.45) is 3.54. The van der Waals surface area contributed by atoms with Crippen molar-refractivity contribution >= 4 is 5.69 Å². The summed E-state index contributed by atoms with van der Waals surface area (Å²) in [5.41, 5.74) is 2.42. The fraction of sp³-hybridized carbons (Fsp3) is 0.429. The minimum Gasteiger partial charge on any atom is -0.485 e. The quantitative estimate of drug-likeness (QED) is 0.551. The second kappa shape index (κ2) is 8.81. The summed E-state index contributed by atoms with van der Waals surface area (Å²) in [4.78, 5) is 13.1. The molecule has 0 amide bonds. The monoisotopic (exact) mass is 354 g/mol. The lowest BCUT2D eigenvalue weighted by Gasteiger charge is -2.31. The lowest BCUT2D eigenvalue weighted by Crippen LogP contribution is -2.37. The van der Waals surface area contributed by atoms with Gasteiger partial charge in [-0.1, -0.05) is 36.4 Å². The van der Waals surface area contributed by atoms with Crippen LogP contribution in [0, 0.1) is 23.0 Å². The second-order valence-electron chi connectivity index (χ2n) is 7.05. The predicted octanol–water partition coefficient (Wildman–Crippen LogP) is 4.24. The number of hydrogen-bond donors (Lipinski definition) is 0. The summed E-state index contributed by atoms with van der Waals surface area (Å²) in [5, 5.41) is 11.1. The van der Waals surface area contributed by atoms with Crippen LogP contribution in [0.2, 0.25) is 0 Å². The molecule has 0 radical (unpaired) electrons. The molecule has 2 aromatic rings. The minimum absolute atomic E-state index is 0.0390. The van der Waals surface area contributed by atoms with Crippen molar-refractivity contribution in [2.45, 2.75) is 26.2 Å². The molecule has 1 aliphatic heterocycles. The molecule has 0 N–H and O–H groups in total. The Hall–Kier alpha value is -2.40. The van der Waals surface area contributed by atoms with Crippen molar-refractivity contribution in [3.8, 4) is 5.75 Å². The molecule has 1 heterocycles. The summed E-state index contributed by atoms with van der Waals surface area (Å²) in [6.45, 7) is 5.33. The van der Waals surface area contributed by atoms with Crippen LogP contribution in [0.5, 0.6) is 5.75 Å². The van der Waals surface area contributed by atoms with E-state index in [1.165, 1.54) is 24.5 Å². The SMILES string of the molecule is Cc1ccc([N+](=O)[O-])c(OCCN2CCC(Cc3ccccc3)CC2)c1. The number of ether oxygens (including phenoxy) is 1. The molecular weight excluding hydrogens is 328 g/mol. The number of hydrogen-bond acceptors (Lipinski definition) is 4. The van der Waals surface area contributed by atoms with Crippen molar-refractivity contribution in [2.24, 2.45) is 5.92 Å². The molecule has 0 aliphatic carbocycles. The number of nitro benzene ring substituents is 1. The number of nitro groups is 1. The first-order valence-corrected chi connectivity index (χ1v) is 9.26. The molecule has 0 spiro atoms. The van der Waals surface area contributed by atoms with Gasteiger partial charge in [0.15, 0.2) is 5.75 Å². The molecular formula is C21H26N2O3. The van der Waals surface area contributed by atoms with E-state index in [0.29, 0.717) is 12.4 Å². The van der Waals surface area contributed by atoms with Crippen molar-refractivity contribution in [1.29, 1.82) is 0 Å². The number of piperidine rings is 1. The summed E-state index contributed by atoms with van der Waals surface area (Å²) in [5.74, 6) is 1.11. The highest BCUT2D eigenvalue weighted by Crippen LogP contribution is 2.28. The molecule has 0 bridgehead atoms. The molecule has 26 heavy (non-hydrogen) atoms. The smallest absolute Gasteiger partial charge is 0.310 e. The lowest BCUT2D eigenvalue weighted by molar-refractivity contribution is -0.385. The average molecular weight is 354 g/mol. The van der Waals surface area contributed by atoms with Gasteiger partial charge in [0.25, 0.3) is 0 Å². The standard InChI is InChI=1S/C21H26N2O3/c1-17-7-8-20(23(24)25)21(15-17)26-14-13-22-11-9-19(10-12-22)16-18-5-3-2-4-6-18/h2-8,15,19H,9-14,16H2,1H3. The van der Waals surface area contributed by atoms with Crippen LogP contribution in [0.15, 0.2) is 48.5 Å². The van der Waals surface area contributed by atoms with Gasteiger partial charge in [-0.3, -0.25) is 15.0 Å². The van der Waals surface area contributed by atoms with Gasteiger partial charge in [-0.25, -0.2) is 0 Å². The fourth-order valence-electron chi connectivity index (χ4n) is 3.53. The van der Waals surface area contributed by atoms with Crippen molar-refractivity contribution in [3.63, 3.8) is 0 Å². The number of nitrogens with zero attached hydrogens (tertiary/aromatic N) is 2. The van der Waals surface area contributed by atoms with Gasteiger partial charge >= 0.3 is 5.69 Å². The van der Waals surface area contributed by atoms with Gasteiger partial charge in [-0.05, 0) is 62.4 Å². The Balaban J connectivity index is 1.43. The Morgan fingerprint density at radius 2 is 1.88 bits per heavy atom. The van der Waals surface area contributed by atoms with Crippen LogP contribution < -0.4 is 4.74 Å². The topological polar surface area (TPSA) is 55.6 Å². The maximum absolute atomic E-state index is 11.1.